The van der Waals surface area contributed by atoms with Gasteiger partial charge in [0.15, 0.2) is 0 Å². The quantitative estimate of drug-likeness (QED) is 0.739. The molecule has 0 aliphatic carbocycles. The second-order valence-corrected chi connectivity index (χ2v) is 8.31. The lowest BCUT2D eigenvalue weighted by molar-refractivity contribution is 0.787. The van der Waals surface area contributed by atoms with Crippen LogP contribution in [0.25, 0.3) is 0 Å². The molecule has 3 heteroatoms. The summed E-state index contributed by atoms with van der Waals surface area (Å²) < 4.78 is 1.13. The van der Waals surface area contributed by atoms with Crippen molar-refractivity contribution in [3.63, 3.8) is 0 Å². The minimum atomic E-state index is -0.0371. The highest BCUT2D eigenvalue weighted by atomic mass is 79.9. The molecule has 0 radical (unpaired) electrons. The van der Waals surface area contributed by atoms with Gasteiger partial charge in [-0.1, -0.05) is 45.9 Å². The minimum absolute atomic E-state index is 0.0371. The molecular formula is C17H22BrNS. The van der Waals surface area contributed by atoms with Crippen LogP contribution in [0.5, 0.6) is 0 Å². The predicted molar refractivity (Wildman–Crippen MR) is 92.7 cm³/mol. The zero-order chi connectivity index (χ0) is 14.9. The summed E-state index contributed by atoms with van der Waals surface area (Å²) in [4.78, 5) is 1.20. The molecule has 1 nitrogen and oxygen atoms in total. The molecule has 0 saturated heterocycles. The van der Waals surface area contributed by atoms with Crippen LogP contribution in [0, 0.1) is 0 Å². The molecule has 0 spiro atoms. The van der Waals surface area contributed by atoms with E-state index in [1.54, 1.807) is 11.3 Å². The number of hydrogen-bond acceptors (Lipinski definition) is 2. The normalized spacial score (nSPS) is 13.2. The molecule has 0 fully saturated rings. The van der Waals surface area contributed by atoms with E-state index in [2.05, 4.69) is 74.0 Å². The van der Waals surface area contributed by atoms with Gasteiger partial charge in [-0.15, -0.1) is 11.3 Å². The van der Waals surface area contributed by atoms with Crippen molar-refractivity contribution in [2.75, 3.05) is 0 Å². The molecule has 108 valence electrons. The Hall–Kier alpha value is -0.640. The molecule has 2 aromatic rings. The average molecular weight is 352 g/mol. The van der Waals surface area contributed by atoms with E-state index in [-0.39, 0.29) is 6.04 Å². The first kappa shape index (κ1) is 15.7. The van der Waals surface area contributed by atoms with Gasteiger partial charge >= 0.3 is 0 Å². The molecule has 0 saturated carbocycles. The summed E-state index contributed by atoms with van der Waals surface area (Å²) in [5.41, 5.74) is 10.5. The van der Waals surface area contributed by atoms with E-state index in [1.165, 1.54) is 21.6 Å². The van der Waals surface area contributed by atoms with E-state index in [1.807, 2.05) is 0 Å². The number of rotatable bonds is 4. The maximum atomic E-state index is 6.48. The van der Waals surface area contributed by atoms with E-state index in [0.717, 1.165) is 3.79 Å². The summed E-state index contributed by atoms with van der Waals surface area (Å²) in [6, 6.07) is 10.9. The van der Waals surface area contributed by atoms with Gasteiger partial charge in [-0.25, -0.2) is 0 Å². The first-order valence-corrected chi connectivity index (χ1v) is 8.65. The van der Waals surface area contributed by atoms with Gasteiger partial charge in [-0.05, 0) is 56.6 Å². The highest BCUT2D eigenvalue weighted by molar-refractivity contribution is 9.11. The number of benzene rings is 1. The number of thiophene rings is 1. The molecule has 1 heterocycles. The van der Waals surface area contributed by atoms with E-state index >= 15 is 0 Å². The maximum Gasteiger partial charge on any atom is 0.0702 e. The SMILES string of the molecule is CC(C)c1ccc(C(N)c2ccc(Br)s2)c(C(C)C)c1. The van der Waals surface area contributed by atoms with Crippen LogP contribution in [0.1, 0.15) is 67.1 Å². The van der Waals surface area contributed by atoms with Crippen molar-refractivity contribution in [3.05, 3.63) is 55.7 Å². The van der Waals surface area contributed by atoms with Crippen LogP contribution < -0.4 is 5.73 Å². The number of hydrogen-bond donors (Lipinski definition) is 1. The van der Waals surface area contributed by atoms with Gasteiger partial charge in [0.2, 0.25) is 0 Å². The van der Waals surface area contributed by atoms with Crippen LogP contribution in [0.3, 0.4) is 0 Å². The molecule has 1 atom stereocenters. The Kier molecular flexibility index (Phi) is 5.05. The maximum absolute atomic E-state index is 6.48. The molecule has 1 aromatic carbocycles. The summed E-state index contributed by atoms with van der Waals surface area (Å²) in [7, 11) is 0. The summed E-state index contributed by atoms with van der Waals surface area (Å²) in [5, 5.41) is 0. The molecule has 0 aliphatic heterocycles. The minimum Gasteiger partial charge on any atom is -0.320 e. The molecule has 0 bridgehead atoms. The van der Waals surface area contributed by atoms with Gasteiger partial charge in [-0.3, -0.25) is 0 Å². The zero-order valence-electron chi connectivity index (χ0n) is 12.5. The molecule has 2 rings (SSSR count). The lowest BCUT2D eigenvalue weighted by atomic mass is 9.88. The van der Waals surface area contributed by atoms with Gasteiger partial charge in [0, 0.05) is 4.88 Å². The third-order valence-corrected chi connectivity index (χ3v) is 5.34. The van der Waals surface area contributed by atoms with Crippen LogP contribution in [-0.2, 0) is 0 Å². The monoisotopic (exact) mass is 351 g/mol. The van der Waals surface area contributed by atoms with Crippen LogP contribution >= 0.6 is 27.3 Å². The third-order valence-electron chi connectivity index (χ3n) is 3.64. The largest absolute Gasteiger partial charge is 0.320 e. The molecular weight excluding hydrogens is 330 g/mol. The standard InChI is InChI=1S/C17H22BrNS/c1-10(2)12-5-6-13(14(9-12)11(3)4)17(19)15-7-8-16(18)20-15/h5-11,17H,19H2,1-4H3. The highest BCUT2D eigenvalue weighted by Gasteiger charge is 2.17. The Bertz CT molecular complexity index is 586. The van der Waals surface area contributed by atoms with E-state index in [9.17, 15) is 0 Å². The molecule has 0 aliphatic rings. The fourth-order valence-electron chi connectivity index (χ4n) is 2.38. The van der Waals surface area contributed by atoms with Crippen LogP contribution in [0.4, 0.5) is 0 Å². The van der Waals surface area contributed by atoms with Crippen molar-refractivity contribution in [1.29, 1.82) is 0 Å². The van der Waals surface area contributed by atoms with Crippen molar-refractivity contribution in [2.24, 2.45) is 5.73 Å². The summed E-state index contributed by atoms with van der Waals surface area (Å²) in [5.74, 6) is 1.03. The number of nitrogens with two attached hydrogens (primary N) is 1. The van der Waals surface area contributed by atoms with E-state index in [0.29, 0.717) is 11.8 Å². The number of halogens is 1. The first-order chi connectivity index (χ1) is 9.40. The van der Waals surface area contributed by atoms with Gasteiger partial charge in [0.05, 0.1) is 9.83 Å². The Morgan fingerprint density at radius 3 is 2.15 bits per heavy atom. The average Bonchev–Trinajstić information content (AvgIpc) is 2.83. The van der Waals surface area contributed by atoms with Crippen molar-refractivity contribution in [1.82, 2.24) is 0 Å². The molecule has 2 N–H and O–H groups in total. The Morgan fingerprint density at radius 2 is 1.65 bits per heavy atom. The van der Waals surface area contributed by atoms with Gasteiger partial charge < -0.3 is 5.73 Å². The van der Waals surface area contributed by atoms with E-state index in [4.69, 9.17) is 5.73 Å². The molecule has 20 heavy (non-hydrogen) atoms. The summed E-state index contributed by atoms with van der Waals surface area (Å²) in [6.45, 7) is 8.94. The predicted octanol–water partition coefficient (Wildman–Crippen LogP) is 5.81. The lowest BCUT2D eigenvalue weighted by Gasteiger charge is -2.20. The summed E-state index contributed by atoms with van der Waals surface area (Å²) >= 11 is 5.23. The van der Waals surface area contributed by atoms with Gasteiger partial charge in [0.1, 0.15) is 0 Å². The lowest BCUT2D eigenvalue weighted by Crippen LogP contribution is -2.14. The highest BCUT2D eigenvalue weighted by Crippen LogP contribution is 2.34. The second-order valence-electron chi connectivity index (χ2n) is 5.82. The van der Waals surface area contributed by atoms with Crippen molar-refractivity contribution in [3.8, 4) is 0 Å². The Labute approximate surface area is 134 Å². The van der Waals surface area contributed by atoms with Crippen molar-refractivity contribution in [2.45, 2.75) is 45.6 Å². The Balaban J connectivity index is 2.45. The van der Waals surface area contributed by atoms with Crippen molar-refractivity contribution >= 4 is 27.3 Å². The first-order valence-electron chi connectivity index (χ1n) is 7.04. The van der Waals surface area contributed by atoms with Crippen LogP contribution in [-0.4, -0.2) is 0 Å². The van der Waals surface area contributed by atoms with Gasteiger partial charge in [0.25, 0.3) is 0 Å². The topological polar surface area (TPSA) is 26.0 Å². The van der Waals surface area contributed by atoms with Gasteiger partial charge in [-0.2, -0.15) is 0 Å². The molecule has 1 aromatic heterocycles. The molecule has 1 unspecified atom stereocenters. The van der Waals surface area contributed by atoms with Crippen molar-refractivity contribution < 1.29 is 0 Å². The fraction of sp³-hybridized carbons (Fsp3) is 0.412. The zero-order valence-corrected chi connectivity index (χ0v) is 14.9. The molecule has 0 amide bonds. The summed E-state index contributed by atoms with van der Waals surface area (Å²) in [6.07, 6.45) is 0. The second kappa shape index (κ2) is 6.42. The Morgan fingerprint density at radius 1 is 0.950 bits per heavy atom. The van der Waals surface area contributed by atoms with E-state index < -0.39 is 0 Å². The fourth-order valence-corrected chi connectivity index (χ4v) is 3.83. The van der Waals surface area contributed by atoms with Crippen LogP contribution in [0.2, 0.25) is 0 Å². The smallest absolute Gasteiger partial charge is 0.0702 e. The van der Waals surface area contributed by atoms with Crippen LogP contribution in [0.15, 0.2) is 34.1 Å². The third kappa shape index (κ3) is 3.33.